The Bertz CT molecular complexity index is 697. The summed E-state index contributed by atoms with van der Waals surface area (Å²) in [5.74, 6) is 1.41. The van der Waals surface area contributed by atoms with E-state index in [9.17, 15) is 4.79 Å². The van der Waals surface area contributed by atoms with Crippen molar-refractivity contribution in [1.82, 2.24) is 19.6 Å². The van der Waals surface area contributed by atoms with E-state index in [2.05, 4.69) is 26.6 Å². The van der Waals surface area contributed by atoms with Crippen LogP contribution in [0.5, 0.6) is 0 Å². The third kappa shape index (κ3) is 2.59. The minimum atomic E-state index is -0.246. The van der Waals surface area contributed by atoms with Crippen LogP contribution in [0.4, 0.5) is 5.82 Å². The third-order valence-electron chi connectivity index (χ3n) is 3.71. The van der Waals surface area contributed by atoms with Gasteiger partial charge < -0.3 is 5.32 Å². The van der Waals surface area contributed by atoms with Crippen LogP contribution in [-0.2, 0) is 0 Å². The Hall–Kier alpha value is -2.11. The molecule has 2 heterocycles. The summed E-state index contributed by atoms with van der Waals surface area (Å²) in [6.45, 7) is 2.67. The molecule has 0 amide bonds. The van der Waals surface area contributed by atoms with Crippen LogP contribution in [0.15, 0.2) is 22.5 Å². The molecule has 6 nitrogen and oxygen atoms in total. The highest BCUT2D eigenvalue weighted by atomic mass is 16.1. The van der Waals surface area contributed by atoms with Crippen molar-refractivity contribution in [2.45, 2.75) is 39.0 Å². The molecule has 2 aromatic heterocycles. The van der Waals surface area contributed by atoms with E-state index in [1.165, 1.54) is 35.7 Å². The van der Waals surface area contributed by atoms with Crippen molar-refractivity contribution in [1.29, 1.82) is 0 Å². The average molecular weight is 273 g/mol. The summed E-state index contributed by atoms with van der Waals surface area (Å²) in [5, 5.41) is 9.72. The summed E-state index contributed by atoms with van der Waals surface area (Å²) in [6, 6.07) is 1.79. The zero-order chi connectivity index (χ0) is 13.9. The molecule has 3 rings (SSSR count). The van der Waals surface area contributed by atoms with Crippen molar-refractivity contribution >= 4 is 11.5 Å². The predicted molar refractivity (Wildman–Crippen MR) is 78.0 cm³/mol. The Morgan fingerprint density at radius 1 is 1.45 bits per heavy atom. The number of hydrogen-bond acceptors (Lipinski definition) is 4. The number of hydrogen-bond donors (Lipinski definition) is 2. The lowest BCUT2D eigenvalue weighted by atomic mass is 9.97. The topological polar surface area (TPSA) is 75.1 Å². The summed E-state index contributed by atoms with van der Waals surface area (Å²) in [6.07, 6.45) is 8.49. The number of allylic oxidation sites excluding steroid dienone is 1. The normalized spacial score (nSPS) is 15.3. The Kier molecular flexibility index (Phi) is 3.54. The van der Waals surface area contributed by atoms with Crippen molar-refractivity contribution in [2.24, 2.45) is 0 Å². The predicted octanol–water partition coefficient (Wildman–Crippen LogP) is 2.03. The Morgan fingerprint density at radius 3 is 3.15 bits per heavy atom. The molecule has 0 radical (unpaired) electrons. The third-order valence-corrected chi connectivity index (χ3v) is 3.71. The van der Waals surface area contributed by atoms with Crippen molar-refractivity contribution in [2.75, 3.05) is 11.9 Å². The maximum atomic E-state index is 11.5. The molecule has 20 heavy (non-hydrogen) atoms. The quantitative estimate of drug-likeness (QED) is 0.836. The molecule has 0 spiro atoms. The standard InChI is InChI=1S/C14H19N5O/c1-10-16-12(9-13-17-18-14(20)19(10)13)15-8-7-11-5-3-2-4-6-11/h5,9,15H,2-4,6-8H2,1H3,(H,18,20). The molecule has 1 aliphatic carbocycles. The fraction of sp³-hybridized carbons (Fsp3) is 0.500. The first-order valence-electron chi connectivity index (χ1n) is 7.10. The molecule has 6 heteroatoms. The number of nitrogens with one attached hydrogen (secondary N) is 2. The first-order valence-corrected chi connectivity index (χ1v) is 7.10. The van der Waals surface area contributed by atoms with E-state index in [1.54, 1.807) is 13.0 Å². The Morgan fingerprint density at radius 2 is 2.35 bits per heavy atom. The second kappa shape index (κ2) is 5.48. The lowest BCUT2D eigenvalue weighted by molar-refractivity contribution is 0.679. The van der Waals surface area contributed by atoms with Gasteiger partial charge in [-0.15, -0.1) is 0 Å². The van der Waals surface area contributed by atoms with Crippen molar-refractivity contribution in [3.05, 3.63) is 34.0 Å². The largest absolute Gasteiger partial charge is 0.370 e. The number of fused-ring (bicyclic) bond motifs is 1. The Labute approximate surface area is 116 Å². The molecule has 0 atom stereocenters. The summed E-state index contributed by atoms with van der Waals surface area (Å²) in [4.78, 5) is 15.9. The van der Waals surface area contributed by atoms with Gasteiger partial charge in [0.2, 0.25) is 0 Å². The van der Waals surface area contributed by atoms with E-state index in [0.717, 1.165) is 18.8 Å². The molecule has 0 aliphatic heterocycles. The van der Waals surface area contributed by atoms with Crippen LogP contribution >= 0.6 is 0 Å². The second-order valence-corrected chi connectivity index (χ2v) is 5.20. The first-order chi connectivity index (χ1) is 9.74. The van der Waals surface area contributed by atoms with E-state index in [4.69, 9.17) is 0 Å². The van der Waals surface area contributed by atoms with Gasteiger partial charge in [0.05, 0.1) is 0 Å². The number of H-pyrrole nitrogens is 1. The van der Waals surface area contributed by atoms with Crippen LogP contribution in [0, 0.1) is 6.92 Å². The van der Waals surface area contributed by atoms with Gasteiger partial charge in [0, 0.05) is 12.6 Å². The highest BCUT2D eigenvalue weighted by molar-refractivity contribution is 5.49. The number of aryl methyl sites for hydroxylation is 1. The van der Waals surface area contributed by atoms with E-state index in [1.807, 2.05) is 0 Å². The van der Waals surface area contributed by atoms with Gasteiger partial charge in [0.15, 0.2) is 5.65 Å². The van der Waals surface area contributed by atoms with Crippen LogP contribution in [0.1, 0.15) is 37.9 Å². The Balaban J connectivity index is 1.68. The summed E-state index contributed by atoms with van der Waals surface area (Å²) >= 11 is 0. The smallest absolute Gasteiger partial charge is 0.349 e. The van der Waals surface area contributed by atoms with E-state index in [-0.39, 0.29) is 5.69 Å². The van der Waals surface area contributed by atoms with E-state index >= 15 is 0 Å². The van der Waals surface area contributed by atoms with Gasteiger partial charge in [-0.05, 0) is 39.0 Å². The summed E-state index contributed by atoms with van der Waals surface area (Å²) < 4.78 is 1.47. The van der Waals surface area contributed by atoms with Crippen LogP contribution < -0.4 is 11.0 Å². The number of aromatic nitrogens is 4. The van der Waals surface area contributed by atoms with Crippen LogP contribution in [0.2, 0.25) is 0 Å². The van der Waals surface area contributed by atoms with Crippen molar-refractivity contribution in [3.8, 4) is 0 Å². The summed E-state index contributed by atoms with van der Waals surface area (Å²) in [5.41, 5.74) is 1.89. The van der Waals surface area contributed by atoms with Gasteiger partial charge in [0.1, 0.15) is 11.6 Å². The van der Waals surface area contributed by atoms with Gasteiger partial charge in [-0.1, -0.05) is 11.6 Å². The van der Waals surface area contributed by atoms with E-state index in [0.29, 0.717) is 11.5 Å². The van der Waals surface area contributed by atoms with Gasteiger partial charge in [-0.2, -0.15) is 5.10 Å². The van der Waals surface area contributed by atoms with Crippen LogP contribution in [0.25, 0.3) is 5.65 Å². The van der Waals surface area contributed by atoms with E-state index < -0.39 is 0 Å². The van der Waals surface area contributed by atoms with Crippen LogP contribution in [-0.4, -0.2) is 26.1 Å². The molecule has 0 aromatic carbocycles. The van der Waals surface area contributed by atoms with Gasteiger partial charge in [-0.25, -0.2) is 19.3 Å². The molecule has 0 bridgehead atoms. The zero-order valence-electron chi connectivity index (χ0n) is 11.6. The van der Waals surface area contributed by atoms with Gasteiger partial charge in [-0.3, -0.25) is 0 Å². The molecule has 1 aliphatic rings. The number of anilines is 1. The summed E-state index contributed by atoms with van der Waals surface area (Å²) in [7, 11) is 0. The van der Waals surface area contributed by atoms with Crippen molar-refractivity contribution in [3.63, 3.8) is 0 Å². The van der Waals surface area contributed by atoms with Gasteiger partial charge >= 0.3 is 5.69 Å². The molecule has 2 aromatic rings. The maximum Gasteiger partial charge on any atom is 0.349 e. The fourth-order valence-electron chi connectivity index (χ4n) is 2.67. The molecule has 0 unspecified atom stereocenters. The lowest BCUT2D eigenvalue weighted by Crippen LogP contribution is -2.14. The monoisotopic (exact) mass is 273 g/mol. The lowest BCUT2D eigenvalue weighted by Gasteiger charge is -2.13. The van der Waals surface area contributed by atoms with Crippen molar-refractivity contribution < 1.29 is 0 Å². The molecule has 0 saturated carbocycles. The van der Waals surface area contributed by atoms with Gasteiger partial charge in [0.25, 0.3) is 0 Å². The highest BCUT2D eigenvalue weighted by Crippen LogP contribution is 2.20. The number of rotatable bonds is 4. The molecule has 106 valence electrons. The minimum Gasteiger partial charge on any atom is -0.370 e. The first kappa shape index (κ1) is 12.9. The molecule has 2 N–H and O–H groups in total. The number of aromatic amines is 1. The number of nitrogens with zero attached hydrogens (tertiary/aromatic N) is 3. The molecular formula is C14H19N5O. The zero-order valence-corrected chi connectivity index (χ0v) is 11.6. The highest BCUT2D eigenvalue weighted by Gasteiger charge is 2.07. The molecule has 0 saturated heterocycles. The second-order valence-electron chi connectivity index (χ2n) is 5.20. The maximum absolute atomic E-state index is 11.5. The molecular weight excluding hydrogens is 254 g/mol. The van der Waals surface area contributed by atoms with Crippen LogP contribution in [0.3, 0.4) is 0 Å². The average Bonchev–Trinajstić information content (AvgIpc) is 2.82. The molecule has 0 fully saturated rings. The fourth-order valence-corrected chi connectivity index (χ4v) is 2.67. The minimum absolute atomic E-state index is 0.246. The SMILES string of the molecule is Cc1nc(NCCC2=CCCCC2)cc2n[nH]c(=O)n12.